The number of fused-ring (bicyclic) bond motifs is 1. The van der Waals surface area contributed by atoms with Crippen LogP contribution in [0.2, 0.25) is 5.02 Å². The van der Waals surface area contributed by atoms with Crippen molar-refractivity contribution in [3.8, 4) is 0 Å². The largest absolute Gasteiger partial charge is 0.337 e. The van der Waals surface area contributed by atoms with Crippen LogP contribution in [0.4, 0.5) is 5.69 Å². The highest BCUT2D eigenvalue weighted by Gasteiger charge is 2.81. The summed E-state index contributed by atoms with van der Waals surface area (Å²) in [7, 11) is -3.20. The number of amides is 2. The first-order chi connectivity index (χ1) is 15.5. The van der Waals surface area contributed by atoms with Crippen molar-refractivity contribution in [2.75, 3.05) is 37.0 Å². The van der Waals surface area contributed by atoms with Crippen LogP contribution in [-0.2, 0) is 26.0 Å². The fourth-order valence-electron chi connectivity index (χ4n) is 6.28. The van der Waals surface area contributed by atoms with Crippen LogP contribution in [0.15, 0.2) is 12.1 Å². The molecule has 4 saturated carbocycles. The van der Waals surface area contributed by atoms with Gasteiger partial charge in [-0.15, -0.1) is 0 Å². The summed E-state index contributed by atoms with van der Waals surface area (Å²) in [6.45, 7) is 7.12. The number of anilines is 1. The number of halogens is 1. The molecule has 4 atom stereocenters. The normalized spacial score (nSPS) is 32.4. The second-order valence-electron chi connectivity index (χ2n) is 10.5. The Morgan fingerprint density at radius 2 is 1.91 bits per heavy atom. The van der Waals surface area contributed by atoms with Gasteiger partial charge in [-0.2, -0.15) is 0 Å². The highest BCUT2D eigenvalue weighted by atomic mass is 35.5. The third-order valence-corrected chi connectivity index (χ3v) is 9.35. The predicted molar refractivity (Wildman–Crippen MR) is 128 cm³/mol. The minimum atomic E-state index is -3.20. The topological polar surface area (TPSA) is 86.8 Å². The first-order valence-corrected chi connectivity index (χ1v) is 14.3. The molecule has 0 radical (unpaired) electrons. The molecule has 1 heterocycles. The molecule has 180 valence electrons. The third kappa shape index (κ3) is 4.54. The molecule has 5 aliphatic rings. The molecule has 1 saturated heterocycles. The molecule has 5 fully saturated rings. The lowest BCUT2D eigenvalue weighted by Crippen LogP contribution is -2.55. The van der Waals surface area contributed by atoms with Crippen molar-refractivity contribution in [3.63, 3.8) is 0 Å². The van der Waals surface area contributed by atoms with Gasteiger partial charge in [-0.3, -0.25) is 14.5 Å². The first-order valence-electron chi connectivity index (χ1n) is 11.8. The minimum Gasteiger partial charge on any atom is -0.337 e. The SMILES string of the molecule is Cc1c(CN2CCN(C(=O)C3CC4C5C3C45)[C@@H](C)C2)cc(Cl)cc1NC(=O)CCS(C)(=O)=O. The number of benzene rings is 1. The van der Waals surface area contributed by atoms with Gasteiger partial charge < -0.3 is 10.2 Å². The molecule has 4 aliphatic carbocycles. The molecular weight excluding hydrogens is 462 g/mol. The zero-order valence-electron chi connectivity index (χ0n) is 19.4. The molecule has 33 heavy (non-hydrogen) atoms. The van der Waals surface area contributed by atoms with Crippen LogP contribution in [-0.4, -0.2) is 67.7 Å². The second kappa shape index (κ2) is 8.24. The van der Waals surface area contributed by atoms with Gasteiger partial charge in [0.1, 0.15) is 9.84 Å². The van der Waals surface area contributed by atoms with Crippen LogP contribution in [0.25, 0.3) is 0 Å². The van der Waals surface area contributed by atoms with Gasteiger partial charge in [0.15, 0.2) is 0 Å². The Kier molecular flexibility index (Phi) is 5.77. The van der Waals surface area contributed by atoms with E-state index in [0.717, 1.165) is 61.2 Å². The highest BCUT2D eigenvalue weighted by Crippen LogP contribution is 2.83. The molecule has 9 heteroatoms. The molecule has 7 nitrogen and oxygen atoms in total. The van der Waals surface area contributed by atoms with E-state index in [1.54, 1.807) is 6.07 Å². The number of sulfone groups is 1. The fraction of sp³-hybridized carbons (Fsp3) is 0.667. The Hall–Kier alpha value is -1.64. The Bertz CT molecular complexity index is 1090. The smallest absolute Gasteiger partial charge is 0.226 e. The number of hydrogen-bond acceptors (Lipinski definition) is 5. The number of piperazine rings is 1. The van der Waals surface area contributed by atoms with Crippen LogP contribution in [0.1, 0.15) is 30.9 Å². The van der Waals surface area contributed by atoms with Crippen molar-refractivity contribution >= 4 is 38.9 Å². The van der Waals surface area contributed by atoms with Crippen molar-refractivity contribution in [2.24, 2.45) is 29.6 Å². The van der Waals surface area contributed by atoms with Gasteiger partial charge in [0.25, 0.3) is 0 Å². The van der Waals surface area contributed by atoms with Gasteiger partial charge in [0.05, 0.1) is 5.75 Å². The molecule has 0 aromatic heterocycles. The van der Waals surface area contributed by atoms with E-state index >= 15 is 0 Å². The van der Waals surface area contributed by atoms with E-state index in [-0.39, 0.29) is 30.0 Å². The number of nitrogens with zero attached hydrogens (tertiary/aromatic N) is 2. The van der Waals surface area contributed by atoms with E-state index < -0.39 is 9.84 Å². The summed E-state index contributed by atoms with van der Waals surface area (Å²) in [5.74, 6) is 3.48. The number of nitrogens with one attached hydrogen (secondary N) is 1. The van der Waals surface area contributed by atoms with Gasteiger partial charge >= 0.3 is 0 Å². The average Bonchev–Trinajstić information content (AvgIpc) is 3.54. The Labute approximate surface area is 200 Å². The van der Waals surface area contributed by atoms with Crippen LogP contribution in [0, 0.1) is 36.5 Å². The third-order valence-electron chi connectivity index (χ3n) is 8.19. The molecule has 1 aliphatic heterocycles. The molecule has 6 rings (SSSR count). The lowest BCUT2D eigenvalue weighted by Gasteiger charge is -2.41. The zero-order chi connectivity index (χ0) is 23.7. The minimum absolute atomic E-state index is 0.0856. The quantitative estimate of drug-likeness (QED) is 0.630. The Morgan fingerprint density at radius 1 is 1.18 bits per heavy atom. The molecule has 1 aromatic rings. The van der Waals surface area contributed by atoms with Gasteiger partial charge in [0, 0.05) is 61.5 Å². The predicted octanol–water partition coefficient (Wildman–Crippen LogP) is 2.57. The van der Waals surface area contributed by atoms with Gasteiger partial charge in [-0.25, -0.2) is 8.42 Å². The fourth-order valence-corrected chi connectivity index (χ4v) is 7.08. The summed E-state index contributed by atoms with van der Waals surface area (Å²) in [6, 6.07) is 3.79. The van der Waals surface area contributed by atoms with E-state index in [1.807, 2.05) is 13.0 Å². The van der Waals surface area contributed by atoms with Crippen molar-refractivity contribution in [3.05, 3.63) is 28.3 Å². The Morgan fingerprint density at radius 3 is 2.52 bits per heavy atom. The van der Waals surface area contributed by atoms with Crippen molar-refractivity contribution in [2.45, 2.75) is 39.3 Å². The number of hydrogen-bond donors (Lipinski definition) is 1. The first kappa shape index (κ1) is 23.1. The average molecular weight is 494 g/mol. The maximum absolute atomic E-state index is 13.1. The monoisotopic (exact) mass is 493 g/mol. The number of carbonyl (C=O) groups is 2. The summed E-state index contributed by atoms with van der Waals surface area (Å²) in [5.41, 5.74) is 2.56. The van der Waals surface area contributed by atoms with E-state index in [4.69, 9.17) is 11.6 Å². The second-order valence-corrected chi connectivity index (χ2v) is 13.2. The number of carbonyl (C=O) groups excluding carboxylic acids is 2. The van der Waals surface area contributed by atoms with Crippen LogP contribution >= 0.6 is 11.6 Å². The Balaban J connectivity index is 1.19. The van der Waals surface area contributed by atoms with E-state index in [1.165, 1.54) is 0 Å². The zero-order valence-corrected chi connectivity index (χ0v) is 21.0. The molecule has 2 bridgehead atoms. The molecule has 1 aromatic carbocycles. The van der Waals surface area contributed by atoms with Crippen molar-refractivity contribution in [1.29, 1.82) is 0 Å². The van der Waals surface area contributed by atoms with Crippen LogP contribution in [0.5, 0.6) is 0 Å². The molecule has 1 N–H and O–H groups in total. The standard InChI is InChI=1S/C24H32ClN3O4S/c1-13-11-27(5-6-28(13)24(30)18-10-17-21-22(17)23(18)21)12-15-8-16(25)9-19(14(15)2)26-20(29)4-7-33(3,31)32/h8-9,13,17-18,21-23H,4-7,10-12H2,1-3H3,(H,26,29)/t13-,17?,18?,21?,22?,23?/m0/s1. The maximum atomic E-state index is 13.1. The van der Waals surface area contributed by atoms with Gasteiger partial charge in [-0.1, -0.05) is 11.6 Å². The lowest BCUT2D eigenvalue weighted by molar-refractivity contribution is -0.140. The number of rotatable bonds is 7. The van der Waals surface area contributed by atoms with Crippen molar-refractivity contribution < 1.29 is 18.0 Å². The molecule has 3 unspecified atom stereocenters. The van der Waals surface area contributed by atoms with Crippen molar-refractivity contribution in [1.82, 2.24) is 9.80 Å². The summed E-state index contributed by atoms with van der Waals surface area (Å²) in [4.78, 5) is 29.8. The van der Waals surface area contributed by atoms with E-state index in [9.17, 15) is 18.0 Å². The van der Waals surface area contributed by atoms with Gasteiger partial charge in [0.2, 0.25) is 11.8 Å². The van der Waals surface area contributed by atoms with E-state index in [0.29, 0.717) is 29.1 Å². The molecular formula is C24H32ClN3O4S. The summed E-state index contributed by atoms with van der Waals surface area (Å²) in [5, 5.41) is 3.34. The molecule has 2 amide bonds. The maximum Gasteiger partial charge on any atom is 0.226 e. The van der Waals surface area contributed by atoms with Crippen LogP contribution in [0.3, 0.4) is 0 Å². The summed E-state index contributed by atoms with van der Waals surface area (Å²) in [6.07, 6.45) is 2.15. The van der Waals surface area contributed by atoms with E-state index in [2.05, 4.69) is 22.0 Å². The lowest BCUT2D eigenvalue weighted by atomic mass is 10.0. The van der Waals surface area contributed by atoms with Crippen LogP contribution < -0.4 is 5.32 Å². The summed E-state index contributed by atoms with van der Waals surface area (Å²) < 4.78 is 22.7. The summed E-state index contributed by atoms with van der Waals surface area (Å²) >= 11 is 6.34. The molecule has 0 spiro atoms. The highest BCUT2D eigenvalue weighted by molar-refractivity contribution is 7.90. The van der Waals surface area contributed by atoms with Gasteiger partial charge in [-0.05, 0) is 67.2 Å².